The van der Waals surface area contributed by atoms with E-state index in [1.54, 1.807) is 30.6 Å². The molecule has 8 nitrogen and oxygen atoms in total. The van der Waals surface area contributed by atoms with Gasteiger partial charge >= 0.3 is 17.4 Å². The quantitative estimate of drug-likeness (QED) is 0.260. The van der Waals surface area contributed by atoms with E-state index in [4.69, 9.17) is 14.2 Å². The van der Waals surface area contributed by atoms with Crippen molar-refractivity contribution in [3.8, 4) is 17.2 Å². The maximum absolute atomic E-state index is 12.7. The van der Waals surface area contributed by atoms with E-state index < -0.39 is 11.8 Å². The van der Waals surface area contributed by atoms with Gasteiger partial charge in [0.2, 0.25) is 5.75 Å². The van der Waals surface area contributed by atoms with Gasteiger partial charge in [0.1, 0.15) is 5.65 Å². The molecule has 2 amide bonds. The number of benzene rings is 1. The number of methoxy groups -OCH3 is 3. The molecule has 0 spiro atoms. The molecular weight excluding hydrogens is 496 g/mol. The van der Waals surface area contributed by atoms with Gasteiger partial charge in [-0.25, -0.2) is 4.98 Å². The zero-order valence-electron chi connectivity index (χ0n) is 17.2. The topological polar surface area (TPSA) is 103 Å². The maximum atomic E-state index is 12.7. The Morgan fingerprint density at radius 1 is 0.875 bits per heavy atom. The molecule has 1 aromatic carbocycles. The van der Waals surface area contributed by atoms with Crippen molar-refractivity contribution in [1.82, 2.24) is 15.3 Å². The standard InChI is InChI=1S/C20H17N3O5.Al.3ClH/c1-26-13-7-10(8-14(27-2)17(13)28-3)15-16(20(25)23-19(15)24)12-9-22-18-11(12)5-4-6-21-18;;;;/h4-9H,1-3H3,(H,21,22)(H,23,24,25);;3*1H/q;+3;;;/p-3. The number of fused-ring (bicyclic) bond motifs is 1. The Morgan fingerprint density at radius 2 is 1.47 bits per heavy atom. The molecule has 3 heterocycles. The van der Waals surface area contributed by atoms with Gasteiger partial charge in [-0.1, -0.05) is 0 Å². The van der Waals surface area contributed by atoms with Crippen molar-refractivity contribution >= 4 is 51.4 Å². The van der Waals surface area contributed by atoms with Crippen LogP contribution in [0.3, 0.4) is 0 Å². The fourth-order valence-electron chi connectivity index (χ4n) is 3.38. The Labute approximate surface area is 213 Å². The number of rotatable bonds is 5. The smallest absolute Gasteiger partial charge is 1.00 e. The Hall–Kier alpha value is -2.41. The summed E-state index contributed by atoms with van der Waals surface area (Å²) in [4.78, 5) is 32.6. The number of hydrogen-bond acceptors (Lipinski definition) is 6. The predicted octanol–water partition coefficient (Wildman–Crippen LogP) is -7.21. The van der Waals surface area contributed by atoms with Crippen molar-refractivity contribution in [2.45, 2.75) is 0 Å². The summed E-state index contributed by atoms with van der Waals surface area (Å²) >= 11 is 0. The van der Waals surface area contributed by atoms with Gasteiger partial charge in [-0.05, 0) is 29.8 Å². The molecule has 1 aliphatic heterocycles. The molecule has 0 bridgehead atoms. The first-order chi connectivity index (χ1) is 13.6. The van der Waals surface area contributed by atoms with Crippen molar-refractivity contribution in [2.24, 2.45) is 0 Å². The molecule has 0 saturated carbocycles. The number of nitrogens with zero attached hydrogens (tertiary/aromatic N) is 1. The average Bonchev–Trinajstić information content (AvgIpc) is 3.26. The van der Waals surface area contributed by atoms with E-state index in [-0.39, 0.29) is 65.7 Å². The molecule has 0 fully saturated rings. The summed E-state index contributed by atoms with van der Waals surface area (Å²) in [6.07, 6.45) is 3.32. The van der Waals surface area contributed by atoms with Gasteiger partial charge < -0.3 is 56.4 Å². The van der Waals surface area contributed by atoms with Crippen LogP contribution in [-0.2, 0) is 9.59 Å². The second-order valence-corrected chi connectivity index (χ2v) is 6.05. The molecule has 32 heavy (non-hydrogen) atoms. The normalized spacial score (nSPS) is 12.1. The summed E-state index contributed by atoms with van der Waals surface area (Å²) < 4.78 is 16.1. The third-order valence-electron chi connectivity index (χ3n) is 4.61. The second-order valence-electron chi connectivity index (χ2n) is 6.05. The number of carbonyl (C=O) groups excluding carboxylic acids is 2. The largest absolute Gasteiger partial charge is 3.00 e. The summed E-state index contributed by atoms with van der Waals surface area (Å²) in [5, 5.41) is 3.12. The van der Waals surface area contributed by atoms with Gasteiger partial charge in [0.05, 0.1) is 32.5 Å². The Balaban J connectivity index is 0.00000240. The number of hydrogen-bond donors (Lipinski definition) is 2. The van der Waals surface area contributed by atoms with Crippen LogP contribution >= 0.6 is 0 Å². The second kappa shape index (κ2) is 12.0. The van der Waals surface area contributed by atoms with E-state index in [0.717, 1.165) is 5.39 Å². The molecule has 0 aliphatic carbocycles. The van der Waals surface area contributed by atoms with Crippen LogP contribution in [0.2, 0.25) is 0 Å². The van der Waals surface area contributed by atoms with Crippen LogP contribution in [0.15, 0.2) is 36.7 Å². The van der Waals surface area contributed by atoms with Gasteiger partial charge in [0.25, 0.3) is 11.8 Å². The van der Waals surface area contributed by atoms with Gasteiger partial charge in [-0.15, -0.1) is 0 Å². The molecular formula is C20H17AlCl3N3O5. The molecule has 0 atom stereocenters. The van der Waals surface area contributed by atoms with Gasteiger partial charge in [0, 0.05) is 23.3 Å². The monoisotopic (exact) mass is 511 g/mol. The van der Waals surface area contributed by atoms with Crippen LogP contribution < -0.4 is 56.7 Å². The predicted molar refractivity (Wildman–Crippen MR) is 108 cm³/mol. The number of amides is 2. The number of aromatic amines is 1. The van der Waals surface area contributed by atoms with Crippen molar-refractivity contribution in [3.05, 3.63) is 47.8 Å². The number of halogens is 3. The molecule has 3 aromatic rings. The molecule has 12 heteroatoms. The number of pyridine rings is 1. The molecule has 1 aliphatic rings. The van der Waals surface area contributed by atoms with E-state index in [1.165, 1.54) is 21.3 Å². The number of aromatic nitrogens is 2. The minimum absolute atomic E-state index is 0. The summed E-state index contributed by atoms with van der Waals surface area (Å²) in [6.45, 7) is 0. The summed E-state index contributed by atoms with van der Waals surface area (Å²) in [6, 6.07) is 6.89. The summed E-state index contributed by atoms with van der Waals surface area (Å²) in [5.74, 6) is 0.204. The fourth-order valence-corrected chi connectivity index (χ4v) is 3.38. The number of imide groups is 1. The van der Waals surface area contributed by atoms with Crippen molar-refractivity contribution in [1.29, 1.82) is 0 Å². The molecule has 0 radical (unpaired) electrons. The summed E-state index contributed by atoms with van der Waals surface area (Å²) in [5.41, 5.74) is 2.19. The third-order valence-corrected chi connectivity index (χ3v) is 4.61. The van der Waals surface area contributed by atoms with E-state index in [1.807, 2.05) is 6.07 Å². The van der Waals surface area contributed by atoms with Crippen LogP contribution in [0.5, 0.6) is 17.2 Å². The number of ether oxygens (including phenoxy) is 3. The van der Waals surface area contributed by atoms with Crippen LogP contribution in [0.4, 0.5) is 0 Å². The zero-order valence-corrected chi connectivity index (χ0v) is 20.6. The van der Waals surface area contributed by atoms with Crippen molar-refractivity contribution in [2.75, 3.05) is 21.3 Å². The maximum Gasteiger partial charge on any atom is 3.00 e. The molecule has 0 unspecified atom stereocenters. The van der Waals surface area contributed by atoms with E-state index in [9.17, 15) is 9.59 Å². The molecule has 0 saturated heterocycles. The summed E-state index contributed by atoms with van der Waals surface area (Å²) in [7, 11) is 4.47. The van der Waals surface area contributed by atoms with Gasteiger partial charge in [-0.2, -0.15) is 0 Å². The third kappa shape index (κ3) is 4.82. The fraction of sp³-hybridized carbons (Fsp3) is 0.150. The zero-order chi connectivity index (χ0) is 19.8. The first kappa shape index (κ1) is 29.6. The molecule has 2 N–H and O–H groups in total. The molecule has 2 aromatic heterocycles. The minimum Gasteiger partial charge on any atom is -1.00 e. The van der Waals surface area contributed by atoms with Gasteiger partial charge in [0.15, 0.2) is 11.5 Å². The average molecular weight is 513 g/mol. The number of H-pyrrole nitrogens is 1. The minimum atomic E-state index is -0.493. The van der Waals surface area contributed by atoms with Crippen molar-refractivity contribution in [3.63, 3.8) is 0 Å². The Bertz CT molecular complexity index is 1140. The van der Waals surface area contributed by atoms with Crippen LogP contribution in [0.1, 0.15) is 11.1 Å². The van der Waals surface area contributed by atoms with Crippen molar-refractivity contribution < 1.29 is 61.0 Å². The molecule has 166 valence electrons. The molecule has 4 rings (SSSR count). The van der Waals surface area contributed by atoms with Gasteiger partial charge in [-0.3, -0.25) is 14.9 Å². The van der Waals surface area contributed by atoms with E-state index in [0.29, 0.717) is 34.0 Å². The first-order valence-corrected chi connectivity index (χ1v) is 8.41. The Kier molecular flexibility index (Phi) is 11.1. The van der Waals surface area contributed by atoms with E-state index in [2.05, 4.69) is 15.3 Å². The number of carbonyl (C=O) groups is 2. The number of nitrogens with one attached hydrogen (secondary N) is 2. The SMILES string of the molecule is COc1cc(C2=C(c3c[nH]c4ncccc34)C(=O)NC2=O)cc(OC)c1OC.[Al+3].[Cl-].[Cl-].[Cl-]. The first-order valence-electron chi connectivity index (χ1n) is 8.41. The Morgan fingerprint density at radius 3 is 2.03 bits per heavy atom. The van der Waals surface area contributed by atoms with Crippen LogP contribution in [0, 0.1) is 0 Å². The van der Waals surface area contributed by atoms with E-state index >= 15 is 0 Å². The van der Waals surface area contributed by atoms with Crippen LogP contribution in [0.25, 0.3) is 22.2 Å². The van der Waals surface area contributed by atoms with Crippen LogP contribution in [-0.4, -0.2) is 60.5 Å².